The zero-order valence-corrected chi connectivity index (χ0v) is 13.8. The number of guanidine groups is 1. The summed E-state index contributed by atoms with van der Waals surface area (Å²) >= 11 is 0. The molecule has 20 heavy (non-hydrogen) atoms. The summed E-state index contributed by atoms with van der Waals surface area (Å²) in [7, 11) is 0. The van der Waals surface area contributed by atoms with Crippen molar-refractivity contribution >= 4 is 5.96 Å². The molecule has 0 spiro atoms. The highest BCUT2D eigenvalue weighted by atomic mass is 15.2. The van der Waals surface area contributed by atoms with Crippen LogP contribution >= 0.6 is 0 Å². The van der Waals surface area contributed by atoms with Crippen molar-refractivity contribution in [1.82, 2.24) is 10.6 Å². The first kappa shape index (κ1) is 17.3. The molecule has 1 aliphatic rings. The topological polar surface area (TPSA) is 62.4 Å². The predicted molar refractivity (Wildman–Crippen MR) is 88.0 cm³/mol. The Hall–Kier alpha value is -0.770. The average molecular weight is 282 g/mol. The van der Waals surface area contributed by atoms with E-state index in [4.69, 9.17) is 5.73 Å². The van der Waals surface area contributed by atoms with E-state index in [1.807, 2.05) is 0 Å². The molecule has 0 aromatic heterocycles. The van der Waals surface area contributed by atoms with Crippen LogP contribution in [0.5, 0.6) is 0 Å². The van der Waals surface area contributed by atoms with Gasteiger partial charge in [-0.15, -0.1) is 0 Å². The summed E-state index contributed by atoms with van der Waals surface area (Å²) in [4.78, 5) is 4.65. The lowest BCUT2D eigenvalue weighted by Gasteiger charge is -2.27. The molecule has 0 bridgehead atoms. The summed E-state index contributed by atoms with van der Waals surface area (Å²) in [5, 5.41) is 6.73. The van der Waals surface area contributed by atoms with Crippen molar-refractivity contribution in [2.24, 2.45) is 16.6 Å². The maximum absolute atomic E-state index is 6.33. The average Bonchev–Trinajstić information content (AvgIpc) is 2.38. The van der Waals surface area contributed by atoms with Crippen LogP contribution in [0, 0.1) is 5.92 Å². The Balaban J connectivity index is 2.37. The molecule has 4 heteroatoms. The highest BCUT2D eigenvalue weighted by Crippen LogP contribution is 2.26. The van der Waals surface area contributed by atoms with E-state index >= 15 is 0 Å². The molecule has 4 N–H and O–H groups in total. The van der Waals surface area contributed by atoms with Crippen LogP contribution in [-0.2, 0) is 0 Å². The fourth-order valence-electron chi connectivity index (χ4n) is 2.80. The van der Waals surface area contributed by atoms with Gasteiger partial charge in [0.05, 0.1) is 0 Å². The predicted octanol–water partition coefficient (Wildman–Crippen LogP) is 2.64. The maximum atomic E-state index is 6.33. The highest BCUT2D eigenvalue weighted by molar-refractivity contribution is 5.80. The third-order valence-electron chi connectivity index (χ3n) is 3.84. The van der Waals surface area contributed by atoms with E-state index in [0.717, 1.165) is 24.8 Å². The van der Waals surface area contributed by atoms with E-state index in [1.165, 1.54) is 32.1 Å². The van der Waals surface area contributed by atoms with E-state index in [2.05, 4.69) is 43.3 Å². The summed E-state index contributed by atoms with van der Waals surface area (Å²) in [5.74, 6) is 1.63. The third kappa shape index (κ3) is 7.13. The lowest BCUT2D eigenvalue weighted by molar-refractivity contribution is 0.297. The van der Waals surface area contributed by atoms with Gasteiger partial charge in [0, 0.05) is 24.7 Å². The fourth-order valence-corrected chi connectivity index (χ4v) is 2.80. The summed E-state index contributed by atoms with van der Waals surface area (Å²) in [6.07, 6.45) is 7.72. The normalized spacial score (nSPS) is 18.1. The molecule has 0 aliphatic heterocycles. The van der Waals surface area contributed by atoms with Crippen LogP contribution in [0.15, 0.2) is 4.99 Å². The lowest BCUT2D eigenvalue weighted by Crippen LogP contribution is -2.44. The van der Waals surface area contributed by atoms with Crippen molar-refractivity contribution in [1.29, 1.82) is 0 Å². The van der Waals surface area contributed by atoms with Gasteiger partial charge in [0.2, 0.25) is 0 Å². The van der Waals surface area contributed by atoms with Gasteiger partial charge in [-0.2, -0.15) is 0 Å². The highest BCUT2D eigenvalue weighted by Gasteiger charge is 2.19. The second-order valence-corrected chi connectivity index (χ2v) is 6.68. The molecule has 1 atom stereocenters. The fraction of sp³-hybridized carbons (Fsp3) is 0.938. The minimum Gasteiger partial charge on any atom is -0.354 e. The van der Waals surface area contributed by atoms with E-state index in [1.54, 1.807) is 0 Å². The van der Waals surface area contributed by atoms with Crippen molar-refractivity contribution in [2.75, 3.05) is 6.54 Å². The summed E-state index contributed by atoms with van der Waals surface area (Å²) in [6.45, 7) is 9.33. The number of hydrogen-bond acceptors (Lipinski definition) is 2. The molecule has 0 heterocycles. The van der Waals surface area contributed by atoms with Crippen molar-refractivity contribution in [2.45, 2.75) is 84.3 Å². The molecule has 0 radical (unpaired) electrons. The van der Waals surface area contributed by atoms with E-state index in [-0.39, 0.29) is 0 Å². The first-order chi connectivity index (χ1) is 9.49. The van der Waals surface area contributed by atoms with Gasteiger partial charge in [-0.25, -0.2) is 0 Å². The van der Waals surface area contributed by atoms with Crippen LogP contribution in [0.2, 0.25) is 0 Å². The summed E-state index contributed by atoms with van der Waals surface area (Å²) in [6, 6.07) is 1.11. The quantitative estimate of drug-likeness (QED) is 0.518. The number of aliphatic imine (C=N–C) groups is 1. The molecular formula is C16H34N4. The SMILES string of the molecule is CC(C)NC(=NCCC(N)C1CCCCC1)NC(C)C. The van der Waals surface area contributed by atoms with Crippen LogP contribution < -0.4 is 16.4 Å². The Bertz CT molecular complexity index is 268. The number of rotatable bonds is 6. The first-order valence-corrected chi connectivity index (χ1v) is 8.32. The minimum absolute atomic E-state index is 0.318. The van der Waals surface area contributed by atoms with Gasteiger partial charge in [-0.05, 0) is 52.9 Å². The molecular weight excluding hydrogens is 248 g/mol. The molecule has 0 amide bonds. The molecule has 0 saturated heterocycles. The molecule has 1 saturated carbocycles. The van der Waals surface area contributed by atoms with Crippen molar-refractivity contribution in [3.05, 3.63) is 0 Å². The lowest BCUT2D eigenvalue weighted by atomic mass is 9.83. The zero-order chi connectivity index (χ0) is 15.0. The van der Waals surface area contributed by atoms with Crippen molar-refractivity contribution < 1.29 is 0 Å². The Kier molecular flexibility index (Phi) is 7.97. The molecule has 118 valence electrons. The number of nitrogens with two attached hydrogens (primary N) is 1. The first-order valence-electron chi connectivity index (χ1n) is 8.32. The maximum Gasteiger partial charge on any atom is 0.191 e. The second-order valence-electron chi connectivity index (χ2n) is 6.68. The number of hydrogen-bond donors (Lipinski definition) is 3. The Labute approximate surface area is 125 Å². The van der Waals surface area contributed by atoms with Crippen LogP contribution in [0.1, 0.15) is 66.2 Å². The second kappa shape index (κ2) is 9.22. The smallest absolute Gasteiger partial charge is 0.191 e. The van der Waals surface area contributed by atoms with Crippen LogP contribution in [0.4, 0.5) is 0 Å². The largest absolute Gasteiger partial charge is 0.354 e. The summed E-state index contributed by atoms with van der Waals surface area (Å²) < 4.78 is 0. The van der Waals surface area contributed by atoms with Crippen molar-refractivity contribution in [3.8, 4) is 0 Å². The molecule has 1 rings (SSSR count). The van der Waals surface area contributed by atoms with Gasteiger partial charge in [0.25, 0.3) is 0 Å². The molecule has 0 aromatic carbocycles. The monoisotopic (exact) mass is 282 g/mol. The van der Waals surface area contributed by atoms with Crippen LogP contribution in [0.25, 0.3) is 0 Å². The van der Waals surface area contributed by atoms with E-state index < -0.39 is 0 Å². The minimum atomic E-state index is 0.318. The van der Waals surface area contributed by atoms with Gasteiger partial charge < -0.3 is 16.4 Å². The van der Waals surface area contributed by atoms with Gasteiger partial charge in [-0.1, -0.05) is 19.3 Å². The molecule has 0 aromatic rings. The van der Waals surface area contributed by atoms with E-state index in [0.29, 0.717) is 18.1 Å². The van der Waals surface area contributed by atoms with Crippen LogP contribution in [0.3, 0.4) is 0 Å². The van der Waals surface area contributed by atoms with Crippen molar-refractivity contribution in [3.63, 3.8) is 0 Å². The number of nitrogens with one attached hydrogen (secondary N) is 2. The molecule has 1 aliphatic carbocycles. The standard InChI is InChI=1S/C16H34N4/c1-12(2)19-16(20-13(3)4)18-11-10-15(17)14-8-6-5-7-9-14/h12-15H,5-11,17H2,1-4H3,(H2,18,19,20). The Morgan fingerprint density at radius 1 is 1.05 bits per heavy atom. The molecule has 4 nitrogen and oxygen atoms in total. The molecule has 1 fully saturated rings. The molecule has 1 unspecified atom stereocenters. The van der Waals surface area contributed by atoms with Gasteiger partial charge in [0.1, 0.15) is 0 Å². The number of nitrogens with zero attached hydrogens (tertiary/aromatic N) is 1. The van der Waals surface area contributed by atoms with Gasteiger partial charge >= 0.3 is 0 Å². The van der Waals surface area contributed by atoms with Crippen LogP contribution in [-0.4, -0.2) is 30.6 Å². The van der Waals surface area contributed by atoms with Gasteiger partial charge in [-0.3, -0.25) is 4.99 Å². The Morgan fingerprint density at radius 2 is 1.60 bits per heavy atom. The third-order valence-corrected chi connectivity index (χ3v) is 3.84. The zero-order valence-electron chi connectivity index (χ0n) is 13.8. The summed E-state index contributed by atoms with van der Waals surface area (Å²) in [5.41, 5.74) is 6.33. The Morgan fingerprint density at radius 3 is 2.10 bits per heavy atom. The van der Waals surface area contributed by atoms with E-state index in [9.17, 15) is 0 Å². The van der Waals surface area contributed by atoms with Gasteiger partial charge in [0.15, 0.2) is 5.96 Å².